The van der Waals surface area contributed by atoms with Gasteiger partial charge in [-0.3, -0.25) is 4.79 Å². The molecular formula is C15H25ClN2O. The van der Waals surface area contributed by atoms with E-state index < -0.39 is 5.41 Å². The van der Waals surface area contributed by atoms with Gasteiger partial charge in [-0.05, 0) is 40.2 Å². The van der Waals surface area contributed by atoms with Crippen molar-refractivity contribution in [3.8, 4) is 0 Å². The summed E-state index contributed by atoms with van der Waals surface area (Å²) in [6, 6.07) is 8.06. The van der Waals surface area contributed by atoms with E-state index in [0.29, 0.717) is 6.54 Å². The lowest BCUT2D eigenvalue weighted by atomic mass is 9.83. The van der Waals surface area contributed by atoms with E-state index in [9.17, 15) is 4.79 Å². The number of benzene rings is 1. The molecule has 0 aliphatic heterocycles. The minimum Gasteiger partial charge on any atom is -0.354 e. The fourth-order valence-corrected chi connectivity index (χ4v) is 1.63. The second-order valence-corrected chi connectivity index (χ2v) is 6.16. The zero-order valence-corrected chi connectivity index (χ0v) is 13.2. The summed E-state index contributed by atoms with van der Waals surface area (Å²) in [4.78, 5) is 12.2. The van der Waals surface area contributed by atoms with Crippen molar-refractivity contribution in [1.29, 1.82) is 0 Å². The van der Waals surface area contributed by atoms with E-state index in [0.717, 1.165) is 5.56 Å². The number of amides is 1. The largest absolute Gasteiger partial charge is 0.354 e. The standard InChI is InChI=1S/C15H24N2O.ClH/c1-11-6-8-12(9-7-11)15(4,5)13(18)17-10-14(2,3)16;/h6-9H,10,16H2,1-5H3,(H,17,18);1H. The maximum absolute atomic E-state index is 12.2. The van der Waals surface area contributed by atoms with Crippen LogP contribution >= 0.6 is 12.4 Å². The Morgan fingerprint density at radius 1 is 1.16 bits per heavy atom. The molecular weight excluding hydrogens is 260 g/mol. The van der Waals surface area contributed by atoms with Crippen molar-refractivity contribution in [2.24, 2.45) is 5.73 Å². The van der Waals surface area contributed by atoms with Gasteiger partial charge < -0.3 is 11.1 Å². The molecule has 1 aromatic carbocycles. The molecule has 0 fully saturated rings. The molecule has 1 amide bonds. The highest BCUT2D eigenvalue weighted by molar-refractivity contribution is 5.87. The number of hydrogen-bond donors (Lipinski definition) is 2. The van der Waals surface area contributed by atoms with Crippen LogP contribution < -0.4 is 11.1 Å². The number of carbonyl (C=O) groups is 1. The second-order valence-electron chi connectivity index (χ2n) is 6.16. The predicted octanol–water partition coefficient (Wildman–Crippen LogP) is 2.55. The summed E-state index contributed by atoms with van der Waals surface area (Å²) in [6.07, 6.45) is 0. The Balaban J connectivity index is 0.00000324. The molecule has 0 spiro atoms. The first-order valence-corrected chi connectivity index (χ1v) is 6.27. The highest BCUT2D eigenvalue weighted by atomic mass is 35.5. The number of nitrogens with one attached hydrogen (secondary N) is 1. The number of hydrogen-bond acceptors (Lipinski definition) is 2. The van der Waals surface area contributed by atoms with Crippen LogP contribution in [0.5, 0.6) is 0 Å². The summed E-state index contributed by atoms with van der Waals surface area (Å²) in [5.74, 6) is 0.00452. The van der Waals surface area contributed by atoms with Crippen LogP contribution in [0.25, 0.3) is 0 Å². The molecule has 0 atom stereocenters. The normalized spacial score (nSPS) is 11.7. The first-order chi connectivity index (χ1) is 8.13. The summed E-state index contributed by atoms with van der Waals surface area (Å²) in [6.45, 7) is 10.2. The van der Waals surface area contributed by atoms with E-state index in [-0.39, 0.29) is 23.9 Å². The summed E-state index contributed by atoms with van der Waals surface area (Å²) in [5, 5.41) is 2.91. The van der Waals surface area contributed by atoms with Crippen LogP contribution in [-0.4, -0.2) is 18.0 Å². The van der Waals surface area contributed by atoms with Crippen LogP contribution in [0, 0.1) is 6.92 Å². The van der Waals surface area contributed by atoms with Crippen LogP contribution in [0.4, 0.5) is 0 Å². The third kappa shape index (κ3) is 5.21. The number of aryl methyl sites for hydroxylation is 1. The summed E-state index contributed by atoms with van der Waals surface area (Å²) >= 11 is 0. The van der Waals surface area contributed by atoms with Crippen LogP contribution in [-0.2, 0) is 10.2 Å². The van der Waals surface area contributed by atoms with Gasteiger partial charge in [0.05, 0.1) is 5.41 Å². The van der Waals surface area contributed by atoms with E-state index in [2.05, 4.69) is 5.32 Å². The van der Waals surface area contributed by atoms with E-state index in [1.165, 1.54) is 5.56 Å². The summed E-state index contributed by atoms with van der Waals surface area (Å²) in [5.41, 5.74) is 7.15. The lowest BCUT2D eigenvalue weighted by molar-refractivity contribution is -0.125. The predicted molar refractivity (Wildman–Crippen MR) is 82.7 cm³/mol. The SMILES string of the molecule is Cc1ccc(C(C)(C)C(=O)NCC(C)(C)N)cc1.Cl. The van der Waals surface area contributed by atoms with Crippen molar-refractivity contribution >= 4 is 18.3 Å². The summed E-state index contributed by atoms with van der Waals surface area (Å²) < 4.78 is 0. The maximum Gasteiger partial charge on any atom is 0.230 e. The quantitative estimate of drug-likeness (QED) is 0.893. The van der Waals surface area contributed by atoms with Gasteiger partial charge in [0.15, 0.2) is 0 Å². The van der Waals surface area contributed by atoms with Gasteiger partial charge in [0, 0.05) is 12.1 Å². The van der Waals surface area contributed by atoms with E-state index >= 15 is 0 Å². The van der Waals surface area contributed by atoms with Crippen molar-refractivity contribution in [3.63, 3.8) is 0 Å². The van der Waals surface area contributed by atoms with Gasteiger partial charge in [0.1, 0.15) is 0 Å². The van der Waals surface area contributed by atoms with Crippen molar-refractivity contribution in [1.82, 2.24) is 5.32 Å². The molecule has 0 aliphatic rings. The molecule has 0 unspecified atom stereocenters. The molecule has 1 rings (SSSR count). The topological polar surface area (TPSA) is 55.1 Å². The van der Waals surface area contributed by atoms with Crippen LogP contribution in [0.15, 0.2) is 24.3 Å². The van der Waals surface area contributed by atoms with E-state index in [1.807, 2.05) is 58.9 Å². The molecule has 3 nitrogen and oxygen atoms in total. The molecule has 0 saturated carbocycles. The Kier molecular flexibility index (Phi) is 6.04. The minimum atomic E-state index is -0.543. The fraction of sp³-hybridized carbons (Fsp3) is 0.533. The Morgan fingerprint density at radius 2 is 1.63 bits per heavy atom. The fourth-order valence-electron chi connectivity index (χ4n) is 1.63. The molecule has 0 heterocycles. The zero-order chi connectivity index (χ0) is 14.0. The third-order valence-corrected chi connectivity index (χ3v) is 3.05. The Morgan fingerprint density at radius 3 is 2.05 bits per heavy atom. The van der Waals surface area contributed by atoms with Gasteiger partial charge in [-0.1, -0.05) is 29.8 Å². The minimum absolute atomic E-state index is 0. The van der Waals surface area contributed by atoms with E-state index in [4.69, 9.17) is 5.73 Å². The van der Waals surface area contributed by atoms with Crippen LogP contribution in [0.2, 0.25) is 0 Å². The maximum atomic E-state index is 12.2. The van der Waals surface area contributed by atoms with Crippen LogP contribution in [0.1, 0.15) is 38.8 Å². The first kappa shape index (κ1) is 17.9. The van der Waals surface area contributed by atoms with Gasteiger partial charge in [0.2, 0.25) is 5.91 Å². The molecule has 19 heavy (non-hydrogen) atoms. The van der Waals surface area contributed by atoms with Gasteiger partial charge in [-0.25, -0.2) is 0 Å². The Labute approximate surface area is 122 Å². The van der Waals surface area contributed by atoms with Crippen LogP contribution in [0.3, 0.4) is 0 Å². The molecule has 108 valence electrons. The molecule has 0 saturated heterocycles. The van der Waals surface area contributed by atoms with Gasteiger partial charge in [-0.15, -0.1) is 12.4 Å². The lowest BCUT2D eigenvalue weighted by Crippen LogP contribution is -2.49. The average Bonchev–Trinajstić information content (AvgIpc) is 2.25. The van der Waals surface area contributed by atoms with Gasteiger partial charge >= 0.3 is 0 Å². The van der Waals surface area contributed by atoms with Crippen molar-refractivity contribution < 1.29 is 4.79 Å². The van der Waals surface area contributed by atoms with Gasteiger partial charge in [0.25, 0.3) is 0 Å². The molecule has 0 aliphatic carbocycles. The molecule has 1 aromatic rings. The molecule has 0 radical (unpaired) electrons. The zero-order valence-electron chi connectivity index (χ0n) is 12.4. The third-order valence-electron chi connectivity index (χ3n) is 3.05. The van der Waals surface area contributed by atoms with Crippen molar-refractivity contribution in [3.05, 3.63) is 35.4 Å². The molecule has 4 heteroatoms. The monoisotopic (exact) mass is 284 g/mol. The molecule has 0 bridgehead atoms. The average molecular weight is 285 g/mol. The highest BCUT2D eigenvalue weighted by Gasteiger charge is 2.30. The summed E-state index contributed by atoms with van der Waals surface area (Å²) in [7, 11) is 0. The highest BCUT2D eigenvalue weighted by Crippen LogP contribution is 2.23. The van der Waals surface area contributed by atoms with Gasteiger partial charge in [-0.2, -0.15) is 0 Å². The smallest absolute Gasteiger partial charge is 0.230 e. The number of halogens is 1. The Bertz CT molecular complexity index is 419. The number of rotatable bonds is 4. The van der Waals surface area contributed by atoms with Crippen molar-refractivity contribution in [2.45, 2.75) is 45.6 Å². The molecule has 0 aromatic heterocycles. The molecule has 3 N–H and O–H groups in total. The lowest BCUT2D eigenvalue weighted by Gasteiger charge is -2.27. The van der Waals surface area contributed by atoms with Crippen molar-refractivity contribution in [2.75, 3.05) is 6.54 Å². The Hall–Kier alpha value is -1.06. The number of nitrogens with two attached hydrogens (primary N) is 1. The number of carbonyl (C=O) groups excluding carboxylic acids is 1. The second kappa shape index (κ2) is 6.40. The first-order valence-electron chi connectivity index (χ1n) is 6.27. The van der Waals surface area contributed by atoms with E-state index in [1.54, 1.807) is 0 Å².